The molecule has 4 nitrogen and oxygen atoms in total. The van der Waals surface area contributed by atoms with E-state index in [4.69, 9.17) is 0 Å². The Morgan fingerprint density at radius 1 is 0.722 bits per heavy atom. The van der Waals surface area contributed by atoms with E-state index >= 15 is 0 Å². The van der Waals surface area contributed by atoms with Gasteiger partial charge in [0.05, 0.1) is 0 Å². The lowest BCUT2D eigenvalue weighted by atomic mass is 10.0. The molecule has 18 heavy (non-hydrogen) atoms. The molecule has 2 N–H and O–H groups in total. The summed E-state index contributed by atoms with van der Waals surface area (Å²) in [4.78, 5) is 0. The molecule has 88 valence electrons. The standard InChI is InChI=1S/C14H10N2O2/c17-12-8-4-3-7-11(12)13-9-5-1-2-6-10(9)14(18)16-15-13/h1-8,17H,(H,16,18). The van der Waals surface area contributed by atoms with Crippen molar-refractivity contribution in [3.8, 4) is 22.9 Å². The Kier molecular flexibility index (Phi) is 2.34. The summed E-state index contributed by atoms with van der Waals surface area (Å²) in [5, 5.41) is 28.6. The van der Waals surface area contributed by atoms with Gasteiger partial charge in [-0.3, -0.25) is 0 Å². The van der Waals surface area contributed by atoms with Gasteiger partial charge in [0.15, 0.2) is 0 Å². The highest BCUT2D eigenvalue weighted by molar-refractivity contribution is 5.97. The summed E-state index contributed by atoms with van der Waals surface area (Å²) in [6.45, 7) is 0. The molecule has 0 saturated heterocycles. The van der Waals surface area contributed by atoms with E-state index in [1.807, 2.05) is 24.3 Å². The second-order valence-corrected chi connectivity index (χ2v) is 3.93. The number of fused-ring (bicyclic) bond motifs is 1. The number of benzene rings is 2. The average Bonchev–Trinajstić information content (AvgIpc) is 2.41. The van der Waals surface area contributed by atoms with E-state index in [0.717, 1.165) is 5.39 Å². The van der Waals surface area contributed by atoms with Crippen LogP contribution in [0.5, 0.6) is 11.6 Å². The van der Waals surface area contributed by atoms with E-state index in [-0.39, 0.29) is 11.6 Å². The van der Waals surface area contributed by atoms with Crippen molar-refractivity contribution in [1.29, 1.82) is 0 Å². The van der Waals surface area contributed by atoms with E-state index in [1.54, 1.807) is 24.3 Å². The number of aromatic nitrogens is 2. The summed E-state index contributed by atoms with van der Waals surface area (Å²) in [5.41, 5.74) is 1.16. The van der Waals surface area contributed by atoms with E-state index < -0.39 is 0 Å². The smallest absolute Gasteiger partial charge is 0.238 e. The molecule has 0 radical (unpaired) electrons. The molecule has 0 saturated carbocycles. The quantitative estimate of drug-likeness (QED) is 0.684. The summed E-state index contributed by atoms with van der Waals surface area (Å²) in [6.07, 6.45) is 0. The Morgan fingerprint density at radius 2 is 1.39 bits per heavy atom. The van der Waals surface area contributed by atoms with Crippen LogP contribution in [-0.2, 0) is 0 Å². The maximum Gasteiger partial charge on any atom is 0.238 e. The van der Waals surface area contributed by atoms with Gasteiger partial charge in [0, 0.05) is 16.3 Å². The molecule has 0 bridgehead atoms. The highest BCUT2D eigenvalue weighted by Crippen LogP contribution is 2.34. The van der Waals surface area contributed by atoms with Gasteiger partial charge in [0.2, 0.25) is 5.88 Å². The van der Waals surface area contributed by atoms with Crippen LogP contribution >= 0.6 is 0 Å². The van der Waals surface area contributed by atoms with Crippen LogP contribution in [0.1, 0.15) is 0 Å². The molecule has 2 aromatic carbocycles. The van der Waals surface area contributed by atoms with Gasteiger partial charge in [-0.25, -0.2) is 0 Å². The van der Waals surface area contributed by atoms with Gasteiger partial charge in [-0.05, 0) is 18.2 Å². The first-order chi connectivity index (χ1) is 8.77. The van der Waals surface area contributed by atoms with E-state index in [2.05, 4.69) is 10.2 Å². The number of nitrogens with zero attached hydrogens (tertiary/aromatic N) is 2. The fourth-order valence-electron chi connectivity index (χ4n) is 1.96. The molecule has 4 heteroatoms. The highest BCUT2D eigenvalue weighted by Gasteiger charge is 2.12. The van der Waals surface area contributed by atoms with Crippen molar-refractivity contribution in [1.82, 2.24) is 10.2 Å². The van der Waals surface area contributed by atoms with Crippen LogP contribution in [0.2, 0.25) is 0 Å². The first kappa shape index (κ1) is 10.5. The van der Waals surface area contributed by atoms with Crippen molar-refractivity contribution in [3.63, 3.8) is 0 Å². The van der Waals surface area contributed by atoms with Crippen LogP contribution in [0.4, 0.5) is 0 Å². The van der Waals surface area contributed by atoms with Crippen LogP contribution in [0.25, 0.3) is 22.0 Å². The number of rotatable bonds is 1. The maximum absolute atomic E-state index is 9.86. The zero-order chi connectivity index (χ0) is 12.5. The molecule has 0 fully saturated rings. The molecular weight excluding hydrogens is 228 g/mol. The first-order valence-electron chi connectivity index (χ1n) is 5.50. The van der Waals surface area contributed by atoms with Gasteiger partial charge >= 0.3 is 0 Å². The third-order valence-corrected chi connectivity index (χ3v) is 2.83. The second kappa shape index (κ2) is 4.00. The second-order valence-electron chi connectivity index (χ2n) is 3.93. The Hall–Kier alpha value is -2.62. The molecule has 3 aromatic rings. The Morgan fingerprint density at radius 3 is 2.17 bits per heavy atom. The van der Waals surface area contributed by atoms with Crippen molar-refractivity contribution in [3.05, 3.63) is 48.5 Å². The van der Waals surface area contributed by atoms with E-state index in [1.165, 1.54) is 0 Å². The lowest BCUT2D eigenvalue weighted by Gasteiger charge is -2.07. The largest absolute Gasteiger partial charge is 0.507 e. The van der Waals surface area contributed by atoms with E-state index in [9.17, 15) is 10.2 Å². The minimum Gasteiger partial charge on any atom is -0.507 e. The SMILES string of the molecule is Oc1ccccc1-c1nnc(O)c2ccccc12. The molecular formula is C14H10N2O2. The van der Waals surface area contributed by atoms with Crippen LogP contribution in [0, 0.1) is 0 Å². The molecule has 0 aliphatic rings. The van der Waals surface area contributed by atoms with Gasteiger partial charge < -0.3 is 10.2 Å². The number of para-hydroxylation sites is 1. The zero-order valence-electron chi connectivity index (χ0n) is 9.41. The summed E-state index contributed by atoms with van der Waals surface area (Å²) >= 11 is 0. The molecule has 1 aromatic heterocycles. The van der Waals surface area contributed by atoms with Crippen LogP contribution < -0.4 is 0 Å². The number of hydrogen-bond donors (Lipinski definition) is 2. The van der Waals surface area contributed by atoms with E-state index in [0.29, 0.717) is 16.6 Å². The minimum atomic E-state index is -0.107. The van der Waals surface area contributed by atoms with Crippen molar-refractivity contribution in [2.24, 2.45) is 0 Å². The minimum absolute atomic E-state index is 0.107. The molecule has 1 heterocycles. The Balaban J connectivity index is 2.38. The Labute approximate surface area is 103 Å². The normalized spacial score (nSPS) is 10.7. The molecule has 0 aliphatic heterocycles. The summed E-state index contributed by atoms with van der Waals surface area (Å²) in [7, 11) is 0. The number of hydrogen-bond acceptors (Lipinski definition) is 4. The fourth-order valence-corrected chi connectivity index (χ4v) is 1.96. The topological polar surface area (TPSA) is 66.2 Å². The molecule has 0 amide bonds. The lowest BCUT2D eigenvalue weighted by Crippen LogP contribution is -1.91. The number of phenols is 1. The van der Waals surface area contributed by atoms with Gasteiger partial charge in [-0.1, -0.05) is 30.3 Å². The Bertz CT molecular complexity index is 726. The summed E-state index contributed by atoms with van der Waals surface area (Å²) in [6, 6.07) is 14.2. The van der Waals surface area contributed by atoms with Gasteiger partial charge in [0.1, 0.15) is 11.4 Å². The molecule has 0 unspecified atom stereocenters. The highest BCUT2D eigenvalue weighted by atomic mass is 16.3. The predicted molar refractivity (Wildman–Crippen MR) is 68.3 cm³/mol. The molecule has 0 aliphatic carbocycles. The molecule has 0 spiro atoms. The first-order valence-corrected chi connectivity index (χ1v) is 5.50. The van der Waals surface area contributed by atoms with Crippen molar-refractivity contribution in [2.45, 2.75) is 0 Å². The average molecular weight is 238 g/mol. The summed E-state index contributed by atoms with van der Waals surface area (Å²) in [5.74, 6) is 0.0346. The van der Waals surface area contributed by atoms with Gasteiger partial charge in [0.25, 0.3) is 0 Å². The van der Waals surface area contributed by atoms with Crippen LogP contribution in [0.15, 0.2) is 48.5 Å². The zero-order valence-corrected chi connectivity index (χ0v) is 9.41. The van der Waals surface area contributed by atoms with Crippen LogP contribution in [-0.4, -0.2) is 20.4 Å². The monoisotopic (exact) mass is 238 g/mol. The predicted octanol–water partition coefficient (Wildman–Crippen LogP) is 2.71. The van der Waals surface area contributed by atoms with Crippen molar-refractivity contribution in [2.75, 3.05) is 0 Å². The lowest BCUT2D eigenvalue weighted by molar-refractivity contribution is 0.452. The van der Waals surface area contributed by atoms with Crippen molar-refractivity contribution < 1.29 is 10.2 Å². The fraction of sp³-hybridized carbons (Fsp3) is 0. The summed E-state index contributed by atoms with van der Waals surface area (Å²) < 4.78 is 0. The number of phenolic OH excluding ortho intramolecular Hbond substituents is 1. The van der Waals surface area contributed by atoms with Gasteiger partial charge in [-0.2, -0.15) is 0 Å². The van der Waals surface area contributed by atoms with Crippen LogP contribution in [0.3, 0.4) is 0 Å². The third kappa shape index (κ3) is 1.55. The molecule has 3 rings (SSSR count). The third-order valence-electron chi connectivity index (χ3n) is 2.83. The van der Waals surface area contributed by atoms with Gasteiger partial charge in [-0.15, -0.1) is 10.2 Å². The van der Waals surface area contributed by atoms with Crippen molar-refractivity contribution >= 4 is 10.8 Å². The maximum atomic E-state index is 9.86. The molecule has 0 atom stereocenters. The number of aromatic hydroxyl groups is 2.